The van der Waals surface area contributed by atoms with Gasteiger partial charge in [-0.2, -0.15) is 0 Å². The molecule has 1 heterocycles. The lowest BCUT2D eigenvalue weighted by atomic mass is 10.3. The first kappa shape index (κ1) is 14.4. The lowest BCUT2D eigenvalue weighted by molar-refractivity contribution is -0.139. The van der Waals surface area contributed by atoms with Crippen molar-refractivity contribution in [1.82, 2.24) is 20.4 Å². The predicted molar refractivity (Wildman–Crippen MR) is 63.1 cm³/mol. The van der Waals surface area contributed by atoms with Gasteiger partial charge in [-0.05, 0) is 0 Å². The first-order chi connectivity index (χ1) is 8.51. The summed E-state index contributed by atoms with van der Waals surface area (Å²) >= 11 is 0. The van der Waals surface area contributed by atoms with Gasteiger partial charge in [0.1, 0.15) is 0 Å². The van der Waals surface area contributed by atoms with Crippen LogP contribution in [0.15, 0.2) is 0 Å². The fraction of sp³-hybridized carbons (Fsp3) is 0.700. The Labute approximate surface area is 105 Å². The van der Waals surface area contributed by atoms with Crippen LogP contribution in [0.3, 0.4) is 0 Å². The molecule has 0 radical (unpaired) electrons. The Bertz CT molecular complexity index is 326. The lowest BCUT2D eigenvalue weighted by Gasteiger charge is -2.33. The van der Waals surface area contributed by atoms with Gasteiger partial charge >= 0.3 is 12.0 Å². The Morgan fingerprint density at radius 2 is 1.56 bits per heavy atom. The van der Waals surface area contributed by atoms with Gasteiger partial charge in [0.2, 0.25) is 5.91 Å². The highest BCUT2D eigenvalue weighted by Gasteiger charge is 2.20. The fourth-order valence-corrected chi connectivity index (χ4v) is 1.73. The molecule has 1 aliphatic rings. The van der Waals surface area contributed by atoms with E-state index in [2.05, 4.69) is 10.6 Å². The number of rotatable bonds is 4. The third kappa shape index (κ3) is 5.11. The molecule has 0 aliphatic carbocycles. The molecule has 0 aromatic carbocycles. The van der Waals surface area contributed by atoms with Gasteiger partial charge in [-0.25, -0.2) is 4.79 Å². The lowest BCUT2D eigenvalue weighted by Crippen LogP contribution is -2.51. The Morgan fingerprint density at radius 1 is 1.06 bits per heavy atom. The maximum absolute atomic E-state index is 11.4. The first-order valence-corrected chi connectivity index (χ1v) is 5.69. The van der Waals surface area contributed by atoms with Gasteiger partial charge in [-0.15, -0.1) is 0 Å². The third-order valence-corrected chi connectivity index (χ3v) is 2.67. The first-order valence-electron chi connectivity index (χ1n) is 5.69. The molecule has 18 heavy (non-hydrogen) atoms. The highest BCUT2D eigenvalue weighted by Crippen LogP contribution is 2.00. The Balaban J connectivity index is 2.24. The second kappa shape index (κ2) is 6.92. The maximum atomic E-state index is 11.4. The van der Waals surface area contributed by atoms with E-state index in [1.807, 2.05) is 9.80 Å². The smallest absolute Gasteiger partial charge is 0.321 e. The molecule has 3 amide bonds. The molecule has 0 atom stereocenters. The number of carbonyl (C=O) groups excluding carboxylic acids is 2. The van der Waals surface area contributed by atoms with Gasteiger partial charge in [0.25, 0.3) is 0 Å². The summed E-state index contributed by atoms with van der Waals surface area (Å²) in [6, 6.07) is -0.524. The van der Waals surface area contributed by atoms with Crippen LogP contribution in [0.1, 0.15) is 0 Å². The molecule has 1 saturated heterocycles. The van der Waals surface area contributed by atoms with Crippen molar-refractivity contribution in [2.75, 3.05) is 46.3 Å². The molecule has 0 unspecified atom stereocenters. The van der Waals surface area contributed by atoms with Gasteiger partial charge in [0, 0.05) is 33.2 Å². The minimum absolute atomic E-state index is 0.0261. The number of hydrogen-bond acceptors (Lipinski definition) is 5. The van der Waals surface area contributed by atoms with Crippen molar-refractivity contribution >= 4 is 17.9 Å². The quantitative estimate of drug-likeness (QED) is 0.547. The van der Waals surface area contributed by atoms with Crippen molar-refractivity contribution in [3.63, 3.8) is 0 Å². The van der Waals surface area contributed by atoms with Gasteiger partial charge in [0.15, 0.2) is 0 Å². The van der Waals surface area contributed by atoms with Crippen LogP contribution in [0, 0.1) is 0 Å². The molecule has 102 valence electrons. The van der Waals surface area contributed by atoms with Gasteiger partial charge in [-0.1, -0.05) is 0 Å². The summed E-state index contributed by atoms with van der Waals surface area (Å²) in [5.41, 5.74) is 0. The van der Waals surface area contributed by atoms with Crippen LogP contribution >= 0.6 is 0 Å². The number of carboxylic acids is 1. The topological polar surface area (TPSA) is 102 Å². The molecule has 8 nitrogen and oxygen atoms in total. The van der Waals surface area contributed by atoms with E-state index in [4.69, 9.17) is 5.11 Å². The van der Waals surface area contributed by atoms with Crippen molar-refractivity contribution in [2.24, 2.45) is 0 Å². The number of carboxylic acid groups (broad SMARTS) is 1. The number of piperazine rings is 1. The van der Waals surface area contributed by atoms with Crippen LogP contribution in [0.2, 0.25) is 0 Å². The summed E-state index contributed by atoms with van der Waals surface area (Å²) in [5.74, 6) is -1.21. The molecule has 3 N–H and O–H groups in total. The second-order valence-electron chi connectivity index (χ2n) is 4.07. The summed E-state index contributed by atoms with van der Waals surface area (Å²) in [4.78, 5) is 36.5. The molecule has 0 bridgehead atoms. The Kier molecular flexibility index (Phi) is 5.53. The van der Waals surface area contributed by atoms with Crippen LogP contribution in [-0.2, 0) is 9.59 Å². The van der Waals surface area contributed by atoms with E-state index >= 15 is 0 Å². The number of amides is 3. The number of carbonyl (C=O) groups is 3. The van der Waals surface area contributed by atoms with Crippen LogP contribution < -0.4 is 10.6 Å². The third-order valence-electron chi connectivity index (χ3n) is 2.67. The Hall–Kier alpha value is -1.67. The zero-order chi connectivity index (χ0) is 13.5. The van der Waals surface area contributed by atoms with E-state index in [1.54, 1.807) is 0 Å². The Morgan fingerprint density at radius 3 is 2.00 bits per heavy atom. The molecule has 0 spiro atoms. The zero-order valence-corrected chi connectivity index (χ0v) is 10.3. The van der Waals surface area contributed by atoms with E-state index in [1.165, 1.54) is 7.05 Å². The van der Waals surface area contributed by atoms with Crippen LogP contribution in [0.4, 0.5) is 4.79 Å². The number of hydrogen-bond donors (Lipinski definition) is 3. The fourth-order valence-electron chi connectivity index (χ4n) is 1.73. The van der Waals surface area contributed by atoms with Gasteiger partial charge < -0.3 is 10.4 Å². The summed E-state index contributed by atoms with van der Waals surface area (Å²) in [7, 11) is 1.44. The maximum Gasteiger partial charge on any atom is 0.321 e. The van der Waals surface area contributed by atoms with Crippen molar-refractivity contribution in [3.8, 4) is 0 Å². The SMILES string of the molecule is CNC(=O)NC(=O)CN1CCN(CC(=O)O)CC1. The van der Waals surface area contributed by atoms with Crippen LogP contribution in [-0.4, -0.2) is 79.1 Å². The number of nitrogens with one attached hydrogen (secondary N) is 2. The monoisotopic (exact) mass is 258 g/mol. The van der Waals surface area contributed by atoms with E-state index < -0.39 is 12.0 Å². The molecule has 1 fully saturated rings. The van der Waals surface area contributed by atoms with E-state index in [0.717, 1.165) is 0 Å². The molecule has 1 rings (SSSR count). The largest absolute Gasteiger partial charge is 0.480 e. The van der Waals surface area contributed by atoms with Gasteiger partial charge in [-0.3, -0.25) is 24.7 Å². The summed E-state index contributed by atoms with van der Waals surface area (Å²) in [6.45, 7) is 2.63. The molecule has 0 aromatic heterocycles. The number of imide groups is 1. The number of nitrogens with zero attached hydrogens (tertiary/aromatic N) is 2. The highest BCUT2D eigenvalue weighted by atomic mass is 16.4. The standard InChI is InChI=1S/C10H18N4O4/c1-11-10(18)12-8(15)6-13-2-4-14(5-3-13)7-9(16)17/h2-7H2,1H3,(H,16,17)(H2,11,12,15,18). The predicted octanol–water partition coefficient (Wildman–Crippen LogP) is -1.86. The number of aliphatic carboxylic acids is 1. The molecular formula is C10H18N4O4. The average molecular weight is 258 g/mol. The minimum Gasteiger partial charge on any atom is -0.480 e. The zero-order valence-electron chi connectivity index (χ0n) is 10.3. The second-order valence-corrected chi connectivity index (χ2v) is 4.07. The van der Waals surface area contributed by atoms with E-state index in [0.29, 0.717) is 26.2 Å². The highest BCUT2D eigenvalue weighted by molar-refractivity contribution is 5.95. The van der Waals surface area contributed by atoms with Gasteiger partial charge in [0.05, 0.1) is 13.1 Å². The minimum atomic E-state index is -0.846. The number of urea groups is 1. The average Bonchev–Trinajstić information content (AvgIpc) is 2.30. The summed E-state index contributed by atoms with van der Waals surface area (Å²) in [6.07, 6.45) is 0. The van der Waals surface area contributed by atoms with Crippen molar-refractivity contribution < 1.29 is 19.5 Å². The summed E-state index contributed by atoms with van der Waals surface area (Å²) in [5, 5.41) is 13.1. The van der Waals surface area contributed by atoms with Crippen LogP contribution in [0.5, 0.6) is 0 Å². The normalized spacial score (nSPS) is 17.2. The van der Waals surface area contributed by atoms with E-state index in [9.17, 15) is 14.4 Å². The molecule has 0 saturated carbocycles. The summed E-state index contributed by atoms with van der Waals surface area (Å²) < 4.78 is 0. The molecular weight excluding hydrogens is 240 g/mol. The van der Waals surface area contributed by atoms with Crippen molar-refractivity contribution in [2.45, 2.75) is 0 Å². The van der Waals surface area contributed by atoms with Crippen LogP contribution in [0.25, 0.3) is 0 Å². The van der Waals surface area contributed by atoms with Crippen molar-refractivity contribution in [3.05, 3.63) is 0 Å². The van der Waals surface area contributed by atoms with Crippen molar-refractivity contribution in [1.29, 1.82) is 0 Å². The van der Waals surface area contributed by atoms with E-state index in [-0.39, 0.29) is 19.0 Å². The molecule has 1 aliphatic heterocycles. The molecule has 8 heteroatoms. The molecule has 0 aromatic rings.